The van der Waals surface area contributed by atoms with E-state index in [1.54, 1.807) is 0 Å². The number of nitrogens with zero attached hydrogens (tertiary/aromatic N) is 4. The van der Waals surface area contributed by atoms with Gasteiger partial charge in [-0.2, -0.15) is 0 Å². The first-order valence-corrected chi connectivity index (χ1v) is 9.45. The summed E-state index contributed by atoms with van der Waals surface area (Å²) >= 11 is 1.82. The molecule has 0 N–H and O–H groups in total. The normalized spacial score (nSPS) is 21.4. The summed E-state index contributed by atoms with van der Waals surface area (Å²) < 4.78 is 0. The standard InChI is InChI=1S/C18H24N4S/c1-14(15-5-3-2-4-6-15)22-11-9-21(10-12-22)13-17-19-20-18(23-17)16-7-8-16/h2-6,14,16H,7-13H2,1H3. The van der Waals surface area contributed by atoms with Crippen molar-refractivity contribution in [2.75, 3.05) is 26.2 Å². The summed E-state index contributed by atoms with van der Waals surface area (Å²) in [6.07, 6.45) is 2.62. The molecule has 4 rings (SSSR count). The first-order valence-electron chi connectivity index (χ1n) is 8.63. The predicted octanol–water partition coefficient (Wildman–Crippen LogP) is 3.29. The molecule has 1 saturated carbocycles. The lowest BCUT2D eigenvalue weighted by Gasteiger charge is -2.37. The first kappa shape index (κ1) is 15.2. The van der Waals surface area contributed by atoms with E-state index in [2.05, 4.69) is 57.3 Å². The van der Waals surface area contributed by atoms with Crippen molar-refractivity contribution < 1.29 is 0 Å². The Morgan fingerprint density at radius 2 is 1.83 bits per heavy atom. The van der Waals surface area contributed by atoms with E-state index in [-0.39, 0.29) is 0 Å². The molecule has 0 radical (unpaired) electrons. The Kier molecular flexibility index (Phi) is 4.42. The van der Waals surface area contributed by atoms with Crippen LogP contribution in [0.4, 0.5) is 0 Å². The van der Waals surface area contributed by atoms with Crippen LogP contribution in [0.2, 0.25) is 0 Å². The van der Waals surface area contributed by atoms with Gasteiger partial charge in [0.25, 0.3) is 0 Å². The van der Waals surface area contributed by atoms with Crippen molar-refractivity contribution in [2.24, 2.45) is 0 Å². The van der Waals surface area contributed by atoms with Crippen LogP contribution in [-0.2, 0) is 6.54 Å². The lowest BCUT2D eigenvalue weighted by atomic mass is 10.1. The zero-order valence-electron chi connectivity index (χ0n) is 13.7. The maximum Gasteiger partial charge on any atom is 0.131 e. The molecule has 0 spiro atoms. The molecule has 4 nitrogen and oxygen atoms in total. The molecule has 2 heterocycles. The molecule has 122 valence electrons. The summed E-state index contributed by atoms with van der Waals surface area (Å²) in [7, 11) is 0. The number of piperazine rings is 1. The Morgan fingerprint density at radius 1 is 1.09 bits per heavy atom. The van der Waals surface area contributed by atoms with Crippen LogP contribution in [0.1, 0.15) is 47.3 Å². The van der Waals surface area contributed by atoms with Crippen molar-refractivity contribution in [2.45, 2.75) is 38.3 Å². The van der Waals surface area contributed by atoms with E-state index < -0.39 is 0 Å². The van der Waals surface area contributed by atoms with E-state index in [9.17, 15) is 0 Å². The van der Waals surface area contributed by atoms with E-state index in [0.717, 1.165) is 38.6 Å². The Bertz CT molecular complexity index is 629. The molecule has 2 fully saturated rings. The molecule has 5 heteroatoms. The number of hydrogen-bond donors (Lipinski definition) is 0. The van der Waals surface area contributed by atoms with Crippen LogP contribution in [0.15, 0.2) is 30.3 Å². The van der Waals surface area contributed by atoms with E-state index in [1.165, 1.54) is 28.4 Å². The summed E-state index contributed by atoms with van der Waals surface area (Å²) in [4.78, 5) is 5.10. The van der Waals surface area contributed by atoms with Gasteiger partial charge >= 0.3 is 0 Å². The van der Waals surface area contributed by atoms with Gasteiger partial charge in [0.1, 0.15) is 10.0 Å². The third-order valence-corrected chi connectivity index (χ3v) is 6.08. The zero-order valence-corrected chi connectivity index (χ0v) is 14.5. The molecular weight excluding hydrogens is 304 g/mol. The smallest absolute Gasteiger partial charge is 0.131 e. The topological polar surface area (TPSA) is 32.3 Å². The molecule has 1 unspecified atom stereocenters. The molecule has 1 aliphatic heterocycles. The lowest BCUT2D eigenvalue weighted by Crippen LogP contribution is -2.46. The molecule has 0 amide bonds. The van der Waals surface area contributed by atoms with E-state index in [0.29, 0.717) is 6.04 Å². The van der Waals surface area contributed by atoms with Gasteiger partial charge in [0.2, 0.25) is 0 Å². The predicted molar refractivity (Wildman–Crippen MR) is 93.6 cm³/mol. The quantitative estimate of drug-likeness (QED) is 0.843. The zero-order chi connectivity index (χ0) is 15.6. The largest absolute Gasteiger partial charge is 0.294 e. The van der Waals surface area contributed by atoms with Gasteiger partial charge in [-0.3, -0.25) is 9.80 Å². The van der Waals surface area contributed by atoms with Crippen LogP contribution >= 0.6 is 11.3 Å². The number of rotatable bonds is 5. The van der Waals surface area contributed by atoms with Crippen molar-refractivity contribution >= 4 is 11.3 Å². The van der Waals surface area contributed by atoms with Crippen molar-refractivity contribution in [3.8, 4) is 0 Å². The van der Waals surface area contributed by atoms with E-state index >= 15 is 0 Å². The molecule has 1 aliphatic carbocycles. The second-order valence-electron chi connectivity index (χ2n) is 6.71. The maximum atomic E-state index is 4.39. The molecule has 23 heavy (non-hydrogen) atoms. The van der Waals surface area contributed by atoms with Gasteiger partial charge in [0.05, 0.1) is 6.54 Å². The van der Waals surface area contributed by atoms with Crippen LogP contribution in [0, 0.1) is 0 Å². The second-order valence-corrected chi connectivity index (χ2v) is 7.80. The highest BCUT2D eigenvalue weighted by atomic mass is 32.1. The summed E-state index contributed by atoms with van der Waals surface area (Å²) in [6, 6.07) is 11.3. The molecule has 0 bridgehead atoms. The summed E-state index contributed by atoms with van der Waals surface area (Å²) in [5.41, 5.74) is 1.42. The number of benzene rings is 1. The summed E-state index contributed by atoms with van der Waals surface area (Å²) in [5, 5.41) is 11.2. The molecule has 1 aromatic carbocycles. The van der Waals surface area contributed by atoms with Crippen LogP contribution in [0.3, 0.4) is 0 Å². The van der Waals surface area contributed by atoms with Gasteiger partial charge in [0, 0.05) is 38.1 Å². The fraction of sp³-hybridized carbons (Fsp3) is 0.556. The molecule has 1 saturated heterocycles. The van der Waals surface area contributed by atoms with Crippen molar-refractivity contribution in [3.63, 3.8) is 0 Å². The average Bonchev–Trinajstić information content (AvgIpc) is 3.36. The third-order valence-electron chi connectivity index (χ3n) is 5.00. The number of hydrogen-bond acceptors (Lipinski definition) is 5. The first-order chi connectivity index (χ1) is 11.3. The molecule has 1 atom stereocenters. The van der Waals surface area contributed by atoms with Crippen LogP contribution in [0.5, 0.6) is 0 Å². The molecule has 2 aromatic rings. The van der Waals surface area contributed by atoms with Crippen LogP contribution in [-0.4, -0.2) is 46.2 Å². The van der Waals surface area contributed by atoms with Crippen molar-refractivity contribution in [3.05, 3.63) is 45.9 Å². The Balaban J connectivity index is 1.30. The maximum absolute atomic E-state index is 4.39. The SMILES string of the molecule is CC(c1ccccc1)N1CCN(Cc2nnc(C3CC3)s2)CC1. The Morgan fingerprint density at radius 3 is 2.52 bits per heavy atom. The highest BCUT2D eigenvalue weighted by molar-refractivity contribution is 7.11. The average molecular weight is 328 g/mol. The lowest BCUT2D eigenvalue weighted by molar-refractivity contribution is 0.0977. The summed E-state index contributed by atoms with van der Waals surface area (Å²) in [6.45, 7) is 7.79. The molecule has 2 aliphatic rings. The van der Waals surface area contributed by atoms with Gasteiger partial charge < -0.3 is 0 Å². The van der Waals surface area contributed by atoms with Crippen LogP contribution < -0.4 is 0 Å². The number of aromatic nitrogens is 2. The Labute approximate surface area is 142 Å². The minimum atomic E-state index is 0.501. The van der Waals surface area contributed by atoms with E-state index in [4.69, 9.17) is 0 Å². The fourth-order valence-electron chi connectivity index (χ4n) is 3.27. The van der Waals surface area contributed by atoms with Crippen molar-refractivity contribution in [1.82, 2.24) is 20.0 Å². The van der Waals surface area contributed by atoms with Crippen LogP contribution in [0.25, 0.3) is 0 Å². The van der Waals surface area contributed by atoms with Gasteiger partial charge in [-0.05, 0) is 25.3 Å². The highest BCUT2D eigenvalue weighted by Gasteiger charge is 2.28. The minimum Gasteiger partial charge on any atom is -0.294 e. The molecule has 1 aromatic heterocycles. The summed E-state index contributed by atoms with van der Waals surface area (Å²) in [5.74, 6) is 0.727. The second kappa shape index (κ2) is 6.67. The van der Waals surface area contributed by atoms with Gasteiger partial charge in [-0.15, -0.1) is 10.2 Å². The van der Waals surface area contributed by atoms with E-state index in [1.807, 2.05) is 11.3 Å². The van der Waals surface area contributed by atoms with Gasteiger partial charge in [-0.1, -0.05) is 41.7 Å². The Hall–Kier alpha value is -1.30. The van der Waals surface area contributed by atoms with Gasteiger partial charge in [-0.25, -0.2) is 0 Å². The fourth-order valence-corrected chi connectivity index (χ4v) is 4.32. The van der Waals surface area contributed by atoms with Gasteiger partial charge in [0.15, 0.2) is 0 Å². The molecular formula is C18H24N4S. The third kappa shape index (κ3) is 3.62. The highest BCUT2D eigenvalue weighted by Crippen LogP contribution is 2.41. The monoisotopic (exact) mass is 328 g/mol. The minimum absolute atomic E-state index is 0.501. The van der Waals surface area contributed by atoms with Crippen molar-refractivity contribution in [1.29, 1.82) is 0 Å².